The first kappa shape index (κ1) is 17.2. The summed E-state index contributed by atoms with van der Waals surface area (Å²) in [5.74, 6) is 0. The van der Waals surface area contributed by atoms with Crippen molar-refractivity contribution < 1.29 is 9.90 Å². The number of carbonyl (C=O) groups excluding carboxylic acids is 1. The Labute approximate surface area is 144 Å². The summed E-state index contributed by atoms with van der Waals surface area (Å²) in [7, 11) is 0. The maximum Gasteiger partial charge on any atom is 0.315 e. The fraction of sp³-hybridized carbons (Fsp3) is 0.632. The zero-order chi connectivity index (χ0) is 16.8. The van der Waals surface area contributed by atoms with E-state index in [0.29, 0.717) is 6.54 Å². The number of hydrogen-bond acceptors (Lipinski definition) is 3. The number of urea groups is 1. The fourth-order valence-corrected chi connectivity index (χ4v) is 3.75. The summed E-state index contributed by atoms with van der Waals surface area (Å²) in [6.45, 7) is 3.78. The van der Waals surface area contributed by atoms with E-state index in [0.717, 1.165) is 58.2 Å². The Hall–Kier alpha value is -1.59. The molecule has 3 rings (SSSR count). The molecule has 2 atom stereocenters. The molecule has 5 nitrogen and oxygen atoms in total. The van der Waals surface area contributed by atoms with Gasteiger partial charge in [-0.25, -0.2) is 4.79 Å². The van der Waals surface area contributed by atoms with Crippen LogP contribution in [0, 0.1) is 0 Å². The van der Waals surface area contributed by atoms with E-state index >= 15 is 0 Å². The number of fused-ring (bicyclic) bond motifs is 1. The van der Waals surface area contributed by atoms with Gasteiger partial charge in [0.1, 0.15) is 0 Å². The van der Waals surface area contributed by atoms with Crippen molar-refractivity contribution in [1.29, 1.82) is 0 Å². The van der Waals surface area contributed by atoms with Gasteiger partial charge in [-0.1, -0.05) is 37.1 Å². The van der Waals surface area contributed by atoms with Crippen LogP contribution in [0.5, 0.6) is 0 Å². The van der Waals surface area contributed by atoms with E-state index in [4.69, 9.17) is 0 Å². The van der Waals surface area contributed by atoms with Crippen LogP contribution in [-0.2, 0) is 13.0 Å². The quantitative estimate of drug-likeness (QED) is 0.724. The highest BCUT2D eigenvalue weighted by molar-refractivity contribution is 5.74. The Kier molecular flexibility index (Phi) is 6.10. The standard InChI is InChI=1S/C19H29N3O2/c23-18-9-4-3-8-17(18)21-19(24)20-11-5-12-22-13-10-15-6-1-2-7-16(15)14-22/h1-2,6-7,17-18,23H,3-5,8-14H2,(H2,20,21,24)/t17-,18+/m0/s1. The number of rotatable bonds is 5. The van der Waals surface area contributed by atoms with Gasteiger partial charge in [0.2, 0.25) is 0 Å². The molecular formula is C19H29N3O2. The van der Waals surface area contributed by atoms with Crippen LogP contribution in [0.15, 0.2) is 24.3 Å². The molecule has 2 amide bonds. The largest absolute Gasteiger partial charge is 0.391 e. The number of carbonyl (C=O) groups is 1. The molecule has 1 aromatic carbocycles. The third-order valence-corrected chi connectivity index (χ3v) is 5.19. The molecule has 0 aromatic heterocycles. The van der Waals surface area contributed by atoms with E-state index in [1.807, 2.05) is 0 Å². The minimum absolute atomic E-state index is 0.0858. The van der Waals surface area contributed by atoms with Crippen LogP contribution >= 0.6 is 0 Å². The number of aliphatic hydroxyl groups is 1. The van der Waals surface area contributed by atoms with E-state index in [-0.39, 0.29) is 12.1 Å². The average Bonchev–Trinajstić information content (AvgIpc) is 2.60. The zero-order valence-electron chi connectivity index (χ0n) is 14.3. The molecule has 24 heavy (non-hydrogen) atoms. The van der Waals surface area contributed by atoms with Crippen LogP contribution in [0.25, 0.3) is 0 Å². The zero-order valence-corrected chi connectivity index (χ0v) is 14.3. The third kappa shape index (κ3) is 4.71. The van der Waals surface area contributed by atoms with Crippen molar-refractivity contribution in [2.75, 3.05) is 19.6 Å². The summed E-state index contributed by atoms with van der Waals surface area (Å²) in [4.78, 5) is 14.4. The third-order valence-electron chi connectivity index (χ3n) is 5.19. The maximum atomic E-state index is 11.9. The summed E-state index contributed by atoms with van der Waals surface area (Å²) in [5, 5.41) is 15.7. The van der Waals surface area contributed by atoms with Crippen LogP contribution in [0.1, 0.15) is 43.2 Å². The Morgan fingerprint density at radius 3 is 2.83 bits per heavy atom. The minimum atomic E-state index is -0.391. The summed E-state index contributed by atoms with van der Waals surface area (Å²) < 4.78 is 0. The topological polar surface area (TPSA) is 64.6 Å². The lowest BCUT2D eigenvalue weighted by Gasteiger charge is -2.29. The van der Waals surface area contributed by atoms with Gasteiger partial charge in [0.05, 0.1) is 12.1 Å². The van der Waals surface area contributed by atoms with Gasteiger partial charge in [-0.05, 0) is 36.8 Å². The number of aliphatic hydroxyl groups excluding tert-OH is 1. The van der Waals surface area contributed by atoms with Gasteiger partial charge in [-0.15, -0.1) is 0 Å². The molecule has 1 aromatic rings. The average molecular weight is 331 g/mol. The predicted octanol–water partition coefficient (Wildman–Crippen LogP) is 2.04. The second-order valence-electron chi connectivity index (χ2n) is 7.01. The SMILES string of the molecule is O=C(NCCCN1CCc2ccccc2C1)N[C@H]1CCCC[C@H]1O. The highest BCUT2D eigenvalue weighted by Gasteiger charge is 2.24. The normalized spacial score (nSPS) is 24.2. The highest BCUT2D eigenvalue weighted by atomic mass is 16.3. The molecule has 0 spiro atoms. The Morgan fingerprint density at radius 2 is 2.00 bits per heavy atom. The molecule has 132 valence electrons. The minimum Gasteiger partial charge on any atom is -0.391 e. The predicted molar refractivity (Wildman–Crippen MR) is 94.8 cm³/mol. The molecule has 0 saturated heterocycles. The van der Waals surface area contributed by atoms with Crippen LogP contribution in [0.2, 0.25) is 0 Å². The Bertz CT molecular complexity index is 549. The molecule has 1 saturated carbocycles. The van der Waals surface area contributed by atoms with Gasteiger partial charge in [-0.2, -0.15) is 0 Å². The van der Waals surface area contributed by atoms with Gasteiger partial charge in [0.15, 0.2) is 0 Å². The first-order chi connectivity index (χ1) is 11.7. The van der Waals surface area contributed by atoms with Crippen molar-refractivity contribution in [2.45, 2.75) is 57.2 Å². The molecular weight excluding hydrogens is 302 g/mol. The molecule has 1 aliphatic heterocycles. The van der Waals surface area contributed by atoms with E-state index in [1.54, 1.807) is 0 Å². The smallest absolute Gasteiger partial charge is 0.315 e. The number of benzene rings is 1. The molecule has 0 bridgehead atoms. The Balaban J connectivity index is 1.32. The van der Waals surface area contributed by atoms with Gasteiger partial charge >= 0.3 is 6.03 Å². The highest BCUT2D eigenvalue weighted by Crippen LogP contribution is 2.19. The number of hydrogen-bond donors (Lipinski definition) is 3. The lowest BCUT2D eigenvalue weighted by molar-refractivity contribution is 0.0943. The van der Waals surface area contributed by atoms with E-state index in [1.165, 1.54) is 11.1 Å². The van der Waals surface area contributed by atoms with Gasteiger partial charge < -0.3 is 15.7 Å². The van der Waals surface area contributed by atoms with Crippen LogP contribution < -0.4 is 10.6 Å². The lowest BCUT2D eigenvalue weighted by Crippen LogP contribution is -2.49. The maximum absolute atomic E-state index is 11.9. The first-order valence-corrected chi connectivity index (χ1v) is 9.24. The van der Waals surface area contributed by atoms with Crippen molar-refractivity contribution in [2.24, 2.45) is 0 Å². The van der Waals surface area contributed by atoms with E-state index in [2.05, 4.69) is 39.8 Å². The van der Waals surface area contributed by atoms with Crippen molar-refractivity contribution >= 4 is 6.03 Å². The van der Waals surface area contributed by atoms with Crippen LogP contribution in [0.3, 0.4) is 0 Å². The summed E-state index contributed by atoms with van der Waals surface area (Å²) >= 11 is 0. The summed E-state index contributed by atoms with van der Waals surface area (Å²) in [6, 6.07) is 8.41. The first-order valence-electron chi connectivity index (χ1n) is 9.24. The van der Waals surface area contributed by atoms with Crippen LogP contribution in [0.4, 0.5) is 4.79 Å². The molecule has 2 aliphatic rings. The Morgan fingerprint density at radius 1 is 1.21 bits per heavy atom. The summed E-state index contributed by atoms with van der Waals surface area (Å²) in [5.41, 5.74) is 2.90. The van der Waals surface area contributed by atoms with Crippen LogP contribution in [-0.4, -0.2) is 47.8 Å². The molecule has 0 unspecified atom stereocenters. The number of amides is 2. The number of nitrogens with zero attached hydrogens (tertiary/aromatic N) is 1. The lowest BCUT2D eigenvalue weighted by atomic mass is 9.93. The van der Waals surface area contributed by atoms with E-state index in [9.17, 15) is 9.90 Å². The fourth-order valence-electron chi connectivity index (χ4n) is 3.75. The number of nitrogens with one attached hydrogen (secondary N) is 2. The molecule has 1 aliphatic carbocycles. The van der Waals surface area contributed by atoms with Crippen molar-refractivity contribution in [3.05, 3.63) is 35.4 Å². The van der Waals surface area contributed by atoms with Gasteiger partial charge in [0.25, 0.3) is 0 Å². The second-order valence-corrected chi connectivity index (χ2v) is 7.01. The van der Waals surface area contributed by atoms with E-state index < -0.39 is 6.10 Å². The second kappa shape index (κ2) is 8.49. The van der Waals surface area contributed by atoms with Crippen molar-refractivity contribution in [3.63, 3.8) is 0 Å². The monoisotopic (exact) mass is 331 g/mol. The van der Waals surface area contributed by atoms with Gasteiger partial charge in [0, 0.05) is 26.2 Å². The molecule has 3 N–H and O–H groups in total. The van der Waals surface area contributed by atoms with Crippen molar-refractivity contribution in [3.8, 4) is 0 Å². The summed E-state index contributed by atoms with van der Waals surface area (Å²) in [6.07, 6.45) is 5.48. The molecule has 1 heterocycles. The van der Waals surface area contributed by atoms with Crippen molar-refractivity contribution in [1.82, 2.24) is 15.5 Å². The molecule has 0 radical (unpaired) electrons. The van der Waals surface area contributed by atoms with Gasteiger partial charge in [-0.3, -0.25) is 4.90 Å². The molecule has 1 fully saturated rings. The molecule has 5 heteroatoms.